The highest BCUT2D eigenvalue weighted by Gasteiger charge is 2.25. The fourth-order valence-corrected chi connectivity index (χ4v) is 6.03. The van der Waals surface area contributed by atoms with E-state index in [2.05, 4.69) is 5.32 Å². The van der Waals surface area contributed by atoms with Gasteiger partial charge in [0.2, 0.25) is 15.9 Å². The highest BCUT2D eigenvalue weighted by atomic mass is 35.5. The molecule has 0 aliphatic rings. The van der Waals surface area contributed by atoms with Gasteiger partial charge in [-0.3, -0.25) is 9.59 Å². The molecular formula is C25H24ClN3O4S. The van der Waals surface area contributed by atoms with Crippen LogP contribution in [0.1, 0.15) is 13.8 Å². The van der Waals surface area contributed by atoms with E-state index in [1.54, 1.807) is 60.9 Å². The van der Waals surface area contributed by atoms with Gasteiger partial charge in [-0.05, 0) is 42.5 Å². The zero-order chi connectivity index (χ0) is 24.5. The maximum atomic E-state index is 13.0. The third kappa shape index (κ3) is 4.32. The number of sulfonamides is 1. The summed E-state index contributed by atoms with van der Waals surface area (Å²) in [6.45, 7) is 4.04. The maximum Gasteiger partial charge on any atom is 0.244 e. The number of aromatic nitrogens is 1. The fraction of sp³-hybridized carbons (Fsp3) is 0.200. The second kappa shape index (κ2) is 9.58. The molecular weight excluding hydrogens is 474 g/mol. The van der Waals surface area contributed by atoms with E-state index < -0.39 is 10.0 Å². The quantitative estimate of drug-likeness (QED) is 0.381. The Morgan fingerprint density at radius 1 is 0.941 bits per heavy atom. The number of pyridine rings is 1. The van der Waals surface area contributed by atoms with Gasteiger partial charge in [-0.1, -0.05) is 49.7 Å². The van der Waals surface area contributed by atoms with Gasteiger partial charge in [0.25, 0.3) is 0 Å². The Morgan fingerprint density at radius 3 is 2.06 bits per heavy atom. The van der Waals surface area contributed by atoms with Crippen LogP contribution in [0.4, 0.5) is 5.69 Å². The molecule has 0 atom stereocenters. The second-order valence-corrected chi connectivity index (χ2v) is 10.0. The Labute approximate surface area is 202 Å². The number of hydrogen-bond donors (Lipinski definition) is 1. The smallest absolute Gasteiger partial charge is 0.244 e. The summed E-state index contributed by atoms with van der Waals surface area (Å²) < 4.78 is 29.0. The summed E-state index contributed by atoms with van der Waals surface area (Å²) in [5.41, 5.74) is 1.51. The van der Waals surface area contributed by atoms with Crippen LogP contribution >= 0.6 is 11.6 Å². The van der Waals surface area contributed by atoms with Crippen molar-refractivity contribution in [3.63, 3.8) is 0 Å². The number of amides is 1. The first kappa shape index (κ1) is 23.9. The number of hydrogen-bond acceptors (Lipinski definition) is 4. The number of nitrogens with one attached hydrogen (secondary N) is 1. The molecule has 176 valence electrons. The predicted octanol–water partition coefficient (Wildman–Crippen LogP) is 4.48. The lowest BCUT2D eigenvalue weighted by Gasteiger charge is -2.20. The molecule has 4 aromatic rings. The molecule has 0 aliphatic heterocycles. The van der Waals surface area contributed by atoms with E-state index in [9.17, 15) is 18.0 Å². The summed E-state index contributed by atoms with van der Waals surface area (Å²) in [4.78, 5) is 25.9. The molecule has 0 spiro atoms. The zero-order valence-electron chi connectivity index (χ0n) is 18.8. The van der Waals surface area contributed by atoms with E-state index in [1.165, 1.54) is 16.4 Å². The van der Waals surface area contributed by atoms with Gasteiger partial charge in [0.15, 0.2) is 5.43 Å². The molecule has 3 aromatic carbocycles. The molecule has 0 bridgehead atoms. The molecule has 1 amide bonds. The van der Waals surface area contributed by atoms with Gasteiger partial charge in [-0.25, -0.2) is 8.42 Å². The minimum Gasteiger partial charge on any atom is -0.331 e. The monoisotopic (exact) mass is 497 g/mol. The number of carbonyl (C=O) groups excluding carboxylic acids is 1. The van der Waals surface area contributed by atoms with Crippen molar-refractivity contribution in [2.45, 2.75) is 25.3 Å². The lowest BCUT2D eigenvalue weighted by Crippen LogP contribution is -2.31. The van der Waals surface area contributed by atoms with E-state index in [4.69, 9.17) is 11.6 Å². The van der Waals surface area contributed by atoms with Crippen molar-refractivity contribution in [2.24, 2.45) is 0 Å². The number of rotatable bonds is 7. The van der Waals surface area contributed by atoms with Crippen LogP contribution in [0, 0.1) is 0 Å². The van der Waals surface area contributed by atoms with Crippen molar-refractivity contribution < 1.29 is 13.2 Å². The Bertz CT molecular complexity index is 1500. The molecule has 0 saturated heterocycles. The van der Waals surface area contributed by atoms with Crippen LogP contribution in [-0.4, -0.2) is 36.3 Å². The van der Waals surface area contributed by atoms with Crippen molar-refractivity contribution in [2.75, 3.05) is 18.4 Å². The molecule has 4 rings (SSSR count). The van der Waals surface area contributed by atoms with Gasteiger partial charge in [-0.2, -0.15) is 4.31 Å². The molecule has 0 aliphatic carbocycles. The highest BCUT2D eigenvalue weighted by Crippen LogP contribution is 2.28. The Morgan fingerprint density at radius 2 is 1.50 bits per heavy atom. The van der Waals surface area contributed by atoms with Crippen molar-refractivity contribution in [1.29, 1.82) is 0 Å². The maximum absolute atomic E-state index is 13.0. The second-order valence-electron chi connectivity index (χ2n) is 7.73. The average molecular weight is 498 g/mol. The normalized spacial score (nSPS) is 11.9. The highest BCUT2D eigenvalue weighted by molar-refractivity contribution is 7.89. The molecule has 9 heteroatoms. The van der Waals surface area contributed by atoms with Crippen LogP contribution < -0.4 is 10.7 Å². The van der Waals surface area contributed by atoms with Crippen LogP contribution in [0.5, 0.6) is 0 Å². The molecule has 1 heterocycles. The van der Waals surface area contributed by atoms with Crippen molar-refractivity contribution >= 4 is 55.0 Å². The Kier molecular flexibility index (Phi) is 6.74. The topological polar surface area (TPSA) is 88.5 Å². The van der Waals surface area contributed by atoms with Crippen LogP contribution in [0.15, 0.2) is 76.4 Å². The van der Waals surface area contributed by atoms with Crippen LogP contribution in [0.2, 0.25) is 5.02 Å². The van der Waals surface area contributed by atoms with E-state index in [0.29, 0.717) is 40.6 Å². The van der Waals surface area contributed by atoms with Crippen LogP contribution in [0.25, 0.3) is 21.8 Å². The lowest BCUT2D eigenvalue weighted by atomic mass is 10.1. The van der Waals surface area contributed by atoms with Crippen molar-refractivity contribution in [1.82, 2.24) is 8.87 Å². The summed E-state index contributed by atoms with van der Waals surface area (Å²) in [7, 11) is -3.80. The van der Waals surface area contributed by atoms with Gasteiger partial charge >= 0.3 is 0 Å². The van der Waals surface area contributed by atoms with E-state index in [-0.39, 0.29) is 27.8 Å². The van der Waals surface area contributed by atoms with Gasteiger partial charge < -0.3 is 9.88 Å². The third-order valence-corrected chi connectivity index (χ3v) is 8.25. The van der Waals surface area contributed by atoms with E-state index in [1.807, 2.05) is 12.1 Å². The van der Waals surface area contributed by atoms with Crippen molar-refractivity contribution in [3.8, 4) is 0 Å². The summed E-state index contributed by atoms with van der Waals surface area (Å²) >= 11 is 6.20. The zero-order valence-corrected chi connectivity index (χ0v) is 20.4. The number of fused-ring (bicyclic) bond motifs is 2. The first-order valence-electron chi connectivity index (χ1n) is 10.9. The van der Waals surface area contributed by atoms with Gasteiger partial charge in [0.05, 0.1) is 16.1 Å². The minimum atomic E-state index is -3.80. The van der Waals surface area contributed by atoms with Crippen LogP contribution in [-0.2, 0) is 21.4 Å². The van der Waals surface area contributed by atoms with Gasteiger partial charge in [0.1, 0.15) is 11.4 Å². The summed E-state index contributed by atoms with van der Waals surface area (Å²) in [5.74, 6) is -0.368. The lowest BCUT2D eigenvalue weighted by molar-refractivity contribution is -0.116. The van der Waals surface area contributed by atoms with E-state index >= 15 is 0 Å². The molecule has 7 nitrogen and oxygen atoms in total. The number of nitrogens with zero attached hydrogens (tertiary/aromatic N) is 2. The summed E-state index contributed by atoms with van der Waals surface area (Å²) in [6, 6.07) is 18.7. The Hall–Kier alpha value is -3.20. The number of halogens is 1. The molecule has 1 aromatic heterocycles. The molecule has 0 unspecified atom stereocenters. The summed E-state index contributed by atoms with van der Waals surface area (Å²) in [5, 5.41) is 3.90. The van der Waals surface area contributed by atoms with Gasteiger partial charge in [-0.15, -0.1) is 0 Å². The Balaban J connectivity index is 1.71. The first-order chi connectivity index (χ1) is 16.3. The number of carbonyl (C=O) groups is 1. The molecule has 34 heavy (non-hydrogen) atoms. The number of anilines is 1. The average Bonchev–Trinajstić information content (AvgIpc) is 2.83. The third-order valence-electron chi connectivity index (χ3n) is 5.72. The fourth-order valence-electron chi connectivity index (χ4n) is 4.07. The summed E-state index contributed by atoms with van der Waals surface area (Å²) in [6.07, 6.45) is 0. The molecule has 0 saturated carbocycles. The van der Waals surface area contributed by atoms with E-state index in [0.717, 1.165) is 0 Å². The molecule has 0 radical (unpaired) electrons. The van der Waals surface area contributed by atoms with Crippen LogP contribution in [0.3, 0.4) is 0 Å². The molecule has 1 N–H and O–H groups in total. The van der Waals surface area contributed by atoms with Crippen molar-refractivity contribution in [3.05, 3.63) is 82.0 Å². The SMILES string of the molecule is CCN(CC)S(=O)(=O)c1cc(NC(=O)Cn2c3ccccc3c(=O)c3ccccc32)ccc1Cl. The predicted molar refractivity (Wildman–Crippen MR) is 136 cm³/mol. The standard InChI is InChI=1S/C25H24ClN3O4S/c1-3-28(4-2)34(32,33)23-15-17(13-14-20(23)26)27-24(30)16-29-21-11-7-5-9-18(21)25(31)19-10-6-8-12-22(19)29/h5-15H,3-4,16H2,1-2H3,(H,27,30). The number of para-hydroxylation sites is 2. The number of benzene rings is 3. The largest absolute Gasteiger partial charge is 0.331 e. The minimum absolute atomic E-state index is 0.0603. The molecule has 0 fully saturated rings. The van der Waals surface area contributed by atoms with Gasteiger partial charge in [0, 0.05) is 29.5 Å². The first-order valence-corrected chi connectivity index (χ1v) is 12.7.